The summed E-state index contributed by atoms with van der Waals surface area (Å²) in [7, 11) is -2.57. The van der Waals surface area contributed by atoms with Gasteiger partial charge in [-0.15, -0.1) is 0 Å². The number of rotatable bonds is 11. The molecule has 0 bridgehead atoms. The van der Waals surface area contributed by atoms with Crippen LogP contribution in [0.3, 0.4) is 0 Å². The number of benzene rings is 4. The highest BCUT2D eigenvalue weighted by Gasteiger charge is 2.34. The fraction of sp³-hybridized carbons (Fsp3) is 0.161. The molecule has 2 amide bonds. The molecule has 0 unspecified atom stereocenters. The van der Waals surface area contributed by atoms with E-state index in [1.165, 1.54) is 24.1 Å². The average molecular weight is 621 g/mol. The van der Waals surface area contributed by atoms with Crippen molar-refractivity contribution in [3.63, 3.8) is 0 Å². The van der Waals surface area contributed by atoms with Crippen LogP contribution in [-0.2, 0) is 32.6 Å². The smallest absolute Gasteiger partial charge is 0.264 e. The molecule has 0 aliphatic heterocycles. The van der Waals surface area contributed by atoms with Gasteiger partial charge in [0.05, 0.1) is 10.6 Å². The van der Waals surface area contributed by atoms with Crippen LogP contribution >= 0.6 is 15.9 Å². The molecule has 1 atom stereocenters. The van der Waals surface area contributed by atoms with E-state index in [2.05, 4.69) is 21.2 Å². The van der Waals surface area contributed by atoms with Crippen LogP contribution in [-0.4, -0.2) is 44.8 Å². The van der Waals surface area contributed by atoms with Gasteiger partial charge in [0, 0.05) is 24.5 Å². The molecule has 4 aromatic carbocycles. The molecule has 0 aliphatic rings. The van der Waals surface area contributed by atoms with Crippen LogP contribution in [0.4, 0.5) is 5.69 Å². The molecule has 0 aliphatic carbocycles. The Morgan fingerprint density at radius 2 is 1.32 bits per heavy atom. The van der Waals surface area contributed by atoms with Crippen molar-refractivity contribution in [2.75, 3.05) is 17.9 Å². The van der Waals surface area contributed by atoms with E-state index in [1.54, 1.807) is 48.5 Å². The van der Waals surface area contributed by atoms with E-state index < -0.39 is 28.5 Å². The van der Waals surface area contributed by atoms with E-state index in [4.69, 9.17) is 0 Å². The normalized spacial score (nSPS) is 11.8. The molecule has 0 aromatic heterocycles. The zero-order chi connectivity index (χ0) is 28.5. The maximum Gasteiger partial charge on any atom is 0.264 e. The molecule has 40 heavy (non-hydrogen) atoms. The maximum atomic E-state index is 14.2. The number of hydrogen-bond donors (Lipinski definition) is 1. The van der Waals surface area contributed by atoms with Crippen molar-refractivity contribution in [2.45, 2.75) is 23.9 Å². The molecule has 4 rings (SSSR count). The number of nitrogens with one attached hydrogen (secondary N) is 1. The average Bonchev–Trinajstić information content (AvgIpc) is 2.99. The lowest BCUT2D eigenvalue weighted by molar-refractivity contribution is -0.139. The number of para-hydroxylation sites is 1. The molecular weight excluding hydrogens is 590 g/mol. The Morgan fingerprint density at radius 3 is 1.90 bits per heavy atom. The number of hydrogen-bond acceptors (Lipinski definition) is 4. The molecule has 9 heteroatoms. The summed E-state index contributed by atoms with van der Waals surface area (Å²) in [5.41, 5.74) is 2.03. The summed E-state index contributed by atoms with van der Waals surface area (Å²) in [6.45, 7) is -0.370. The Morgan fingerprint density at radius 1 is 0.775 bits per heavy atom. The summed E-state index contributed by atoms with van der Waals surface area (Å²) < 4.78 is 29.6. The molecular formula is C31H30BrN3O4S. The van der Waals surface area contributed by atoms with Crippen LogP contribution in [0.5, 0.6) is 0 Å². The van der Waals surface area contributed by atoms with Crippen LogP contribution in [0.15, 0.2) is 125 Å². The van der Waals surface area contributed by atoms with E-state index in [-0.39, 0.29) is 23.8 Å². The first-order valence-electron chi connectivity index (χ1n) is 12.7. The van der Waals surface area contributed by atoms with Gasteiger partial charge >= 0.3 is 0 Å². The van der Waals surface area contributed by atoms with Gasteiger partial charge in [0.1, 0.15) is 12.6 Å². The number of nitrogens with zero attached hydrogens (tertiary/aromatic N) is 2. The van der Waals surface area contributed by atoms with Gasteiger partial charge in [0.15, 0.2) is 0 Å². The zero-order valence-corrected chi connectivity index (χ0v) is 24.4. The standard InChI is InChI=1S/C31H30BrN3O4S/c1-33-31(37)29(21-24-11-5-2-6-12-24)34(22-25-17-19-26(32)20-18-25)30(36)23-35(27-13-7-3-8-14-27)40(38,39)28-15-9-4-10-16-28/h2-20,29H,21-23H2,1H3,(H,33,37)/t29-/m1/s1. The Hall–Kier alpha value is -3.95. The second-order valence-electron chi connectivity index (χ2n) is 9.13. The first-order valence-corrected chi connectivity index (χ1v) is 14.9. The van der Waals surface area contributed by atoms with Crippen molar-refractivity contribution in [1.29, 1.82) is 0 Å². The third-order valence-corrected chi connectivity index (χ3v) is 8.75. The predicted molar refractivity (Wildman–Crippen MR) is 160 cm³/mol. The summed E-state index contributed by atoms with van der Waals surface area (Å²) in [6, 6.07) is 32.5. The van der Waals surface area contributed by atoms with Crippen LogP contribution in [0.25, 0.3) is 0 Å². The van der Waals surface area contributed by atoms with Crippen molar-refractivity contribution >= 4 is 43.5 Å². The highest BCUT2D eigenvalue weighted by molar-refractivity contribution is 9.10. The van der Waals surface area contributed by atoms with Gasteiger partial charge in [-0.05, 0) is 47.5 Å². The van der Waals surface area contributed by atoms with Gasteiger partial charge in [0.25, 0.3) is 10.0 Å². The Labute approximate surface area is 243 Å². The lowest BCUT2D eigenvalue weighted by Gasteiger charge is -2.33. The lowest BCUT2D eigenvalue weighted by atomic mass is 10.0. The first-order chi connectivity index (χ1) is 19.3. The summed E-state index contributed by atoms with van der Waals surface area (Å²) in [6.07, 6.45) is 0.263. The Kier molecular flexibility index (Phi) is 9.74. The van der Waals surface area contributed by atoms with Gasteiger partial charge in [-0.1, -0.05) is 94.8 Å². The number of carbonyl (C=O) groups is 2. The van der Waals surface area contributed by atoms with Crippen molar-refractivity contribution < 1.29 is 18.0 Å². The zero-order valence-electron chi connectivity index (χ0n) is 22.0. The molecule has 4 aromatic rings. The highest BCUT2D eigenvalue weighted by atomic mass is 79.9. The van der Waals surface area contributed by atoms with E-state index >= 15 is 0 Å². The SMILES string of the molecule is CNC(=O)[C@@H](Cc1ccccc1)N(Cc1ccc(Br)cc1)C(=O)CN(c1ccccc1)S(=O)(=O)c1ccccc1. The van der Waals surface area contributed by atoms with Crippen molar-refractivity contribution in [2.24, 2.45) is 0 Å². The van der Waals surface area contributed by atoms with Gasteiger partial charge in [-0.3, -0.25) is 13.9 Å². The third-order valence-electron chi connectivity index (χ3n) is 6.44. The summed E-state index contributed by atoms with van der Waals surface area (Å²) in [5, 5.41) is 2.68. The topological polar surface area (TPSA) is 86.8 Å². The van der Waals surface area contributed by atoms with Crippen molar-refractivity contribution in [1.82, 2.24) is 10.2 Å². The predicted octanol–water partition coefficient (Wildman–Crippen LogP) is 5.03. The van der Waals surface area contributed by atoms with E-state index in [1.807, 2.05) is 54.6 Å². The van der Waals surface area contributed by atoms with Crippen molar-refractivity contribution in [3.05, 3.63) is 131 Å². The molecule has 0 spiro atoms. The minimum Gasteiger partial charge on any atom is -0.357 e. The number of halogens is 1. The third kappa shape index (κ3) is 7.16. The van der Waals surface area contributed by atoms with E-state index in [9.17, 15) is 18.0 Å². The number of anilines is 1. The summed E-state index contributed by atoms with van der Waals surface area (Å²) in [4.78, 5) is 28.9. The first kappa shape index (κ1) is 29.0. The maximum absolute atomic E-state index is 14.2. The molecule has 206 valence electrons. The molecule has 0 saturated heterocycles. The fourth-order valence-electron chi connectivity index (χ4n) is 4.35. The van der Waals surface area contributed by atoms with Gasteiger partial charge in [-0.2, -0.15) is 0 Å². The number of likely N-dealkylation sites (N-methyl/N-ethyl adjacent to an activating group) is 1. The quantitative estimate of drug-likeness (QED) is 0.255. The van der Waals surface area contributed by atoms with Gasteiger partial charge in [0.2, 0.25) is 11.8 Å². The second kappa shape index (κ2) is 13.4. The molecule has 7 nitrogen and oxygen atoms in total. The summed E-state index contributed by atoms with van der Waals surface area (Å²) >= 11 is 3.43. The highest BCUT2D eigenvalue weighted by Crippen LogP contribution is 2.25. The van der Waals surface area contributed by atoms with Crippen molar-refractivity contribution in [3.8, 4) is 0 Å². The van der Waals surface area contributed by atoms with Gasteiger partial charge in [-0.25, -0.2) is 8.42 Å². The summed E-state index contributed by atoms with van der Waals surface area (Å²) in [5.74, 6) is -0.845. The minimum atomic E-state index is -4.09. The lowest BCUT2D eigenvalue weighted by Crippen LogP contribution is -2.53. The monoisotopic (exact) mass is 619 g/mol. The van der Waals surface area contributed by atoms with Crippen LogP contribution in [0.2, 0.25) is 0 Å². The Bertz CT molecular complexity index is 1520. The number of amides is 2. The van der Waals surface area contributed by atoms with Gasteiger partial charge < -0.3 is 10.2 Å². The molecule has 1 N–H and O–H groups in total. The van der Waals surface area contributed by atoms with Crippen LogP contribution in [0, 0.1) is 0 Å². The van der Waals surface area contributed by atoms with E-state index in [0.29, 0.717) is 5.69 Å². The molecule has 0 radical (unpaired) electrons. The molecule has 0 heterocycles. The second-order valence-corrected chi connectivity index (χ2v) is 11.9. The Balaban J connectivity index is 1.76. The molecule has 0 fully saturated rings. The van der Waals surface area contributed by atoms with E-state index in [0.717, 1.165) is 19.9 Å². The van der Waals surface area contributed by atoms with Crippen LogP contribution in [0.1, 0.15) is 11.1 Å². The largest absolute Gasteiger partial charge is 0.357 e. The fourth-order valence-corrected chi connectivity index (χ4v) is 6.05. The minimum absolute atomic E-state index is 0.0678. The van der Waals surface area contributed by atoms with Crippen LogP contribution < -0.4 is 9.62 Å². The number of carbonyl (C=O) groups excluding carboxylic acids is 2. The number of sulfonamides is 1. The molecule has 0 saturated carbocycles.